The van der Waals surface area contributed by atoms with Crippen LogP contribution in [0, 0.1) is 10.5 Å². The molecule has 0 atom stereocenters. The first kappa shape index (κ1) is 13.1. The summed E-state index contributed by atoms with van der Waals surface area (Å²) in [6.45, 7) is 4.83. The fourth-order valence-electron chi connectivity index (χ4n) is 1.48. The number of hydrogen-bond acceptors (Lipinski definition) is 4. The summed E-state index contributed by atoms with van der Waals surface area (Å²) < 4.78 is 1.21. The molecule has 4 nitrogen and oxygen atoms in total. The first-order valence-electron chi connectivity index (χ1n) is 5.79. The summed E-state index contributed by atoms with van der Waals surface area (Å²) in [5.74, 6) is 1.48. The molecule has 0 unspecified atom stereocenters. The van der Waals surface area contributed by atoms with E-state index in [2.05, 4.69) is 55.3 Å². The Labute approximate surface area is 120 Å². The van der Waals surface area contributed by atoms with Gasteiger partial charge < -0.3 is 10.6 Å². The lowest BCUT2D eigenvalue weighted by Gasteiger charge is -2.10. The van der Waals surface area contributed by atoms with Crippen molar-refractivity contribution in [3.05, 3.63) is 39.6 Å². The summed E-state index contributed by atoms with van der Waals surface area (Å²) in [5.41, 5.74) is 2.05. The molecule has 1 aromatic carbocycles. The van der Waals surface area contributed by atoms with Crippen LogP contribution in [0.15, 0.2) is 30.5 Å². The number of nitrogens with one attached hydrogen (secondary N) is 2. The van der Waals surface area contributed by atoms with Gasteiger partial charge in [0.25, 0.3) is 0 Å². The molecule has 0 fully saturated rings. The third-order valence-electron chi connectivity index (χ3n) is 2.41. The average Bonchev–Trinajstić information content (AvgIpc) is 2.36. The number of anilines is 3. The van der Waals surface area contributed by atoms with Crippen molar-refractivity contribution >= 4 is 40.0 Å². The fraction of sp³-hybridized carbons (Fsp3) is 0.231. The molecule has 0 aliphatic heterocycles. The normalized spacial score (nSPS) is 10.2. The van der Waals surface area contributed by atoms with Gasteiger partial charge in [0, 0.05) is 27.6 Å². The van der Waals surface area contributed by atoms with E-state index < -0.39 is 0 Å². The van der Waals surface area contributed by atoms with Gasteiger partial charge in [0.05, 0.1) is 0 Å². The highest BCUT2D eigenvalue weighted by Gasteiger charge is 2.03. The van der Waals surface area contributed by atoms with Crippen LogP contribution in [0.2, 0.25) is 0 Å². The lowest BCUT2D eigenvalue weighted by Crippen LogP contribution is -2.05. The minimum Gasteiger partial charge on any atom is -0.354 e. The molecule has 0 bridgehead atoms. The molecule has 0 saturated carbocycles. The predicted molar refractivity (Wildman–Crippen MR) is 83.4 cm³/mol. The van der Waals surface area contributed by atoms with Crippen LogP contribution in [0.25, 0.3) is 0 Å². The predicted octanol–water partition coefficient (Wildman–Crippen LogP) is 3.57. The molecule has 18 heavy (non-hydrogen) atoms. The van der Waals surface area contributed by atoms with Crippen LogP contribution >= 0.6 is 22.6 Å². The first-order valence-corrected chi connectivity index (χ1v) is 6.87. The van der Waals surface area contributed by atoms with Crippen LogP contribution in [0.3, 0.4) is 0 Å². The van der Waals surface area contributed by atoms with E-state index in [-0.39, 0.29) is 0 Å². The van der Waals surface area contributed by atoms with Gasteiger partial charge in [-0.05, 0) is 60.7 Å². The summed E-state index contributed by atoms with van der Waals surface area (Å²) in [6, 6.07) is 8.20. The summed E-state index contributed by atoms with van der Waals surface area (Å²) in [4.78, 5) is 8.67. The van der Waals surface area contributed by atoms with Gasteiger partial charge in [-0.1, -0.05) is 0 Å². The molecular formula is C13H15IN4. The molecule has 2 aromatic rings. The van der Waals surface area contributed by atoms with Gasteiger partial charge in [-0.3, -0.25) is 0 Å². The second kappa shape index (κ2) is 5.99. The summed E-state index contributed by atoms with van der Waals surface area (Å²) in [7, 11) is 0. The molecule has 5 heteroatoms. The second-order valence-electron chi connectivity index (χ2n) is 3.89. The maximum atomic E-state index is 4.44. The van der Waals surface area contributed by atoms with Gasteiger partial charge in [0.1, 0.15) is 5.82 Å². The molecule has 1 aromatic heterocycles. The molecule has 0 spiro atoms. The SMILES string of the molecule is CCNc1ncc(C)c(Nc2ccc(I)cc2)n1. The van der Waals surface area contributed by atoms with Crippen LogP contribution in [-0.4, -0.2) is 16.5 Å². The summed E-state index contributed by atoms with van der Waals surface area (Å²) in [5, 5.41) is 6.41. The Balaban J connectivity index is 2.22. The van der Waals surface area contributed by atoms with E-state index in [1.54, 1.807) is 0 Å². The first-order chi connectivity index (χ1) is 8.69. The third kappa shape index (κ3) is 3.32. The van der Waals surface area contributed by atoms with Gasteiger partial charge >= 0.3 is 0 Å². The highest BCUT2D eigenvalue weighted by atomic mass is 127. The molecule has 0 amide bonds. The van der Waals surface area contributed by atoms with Crippen molar-refractivity contribution in [2.75, 3.05) is 17.2 Å². The molecule has 0 aliphatic rings. The van der Waals surface area contributed by atoms with E-state index in [4.69, 9.17) is 0 Å². The number of halogens is 1. The molecule has 2 rings (SSSR count). The van der Waals surface area contributed by atoms with Gasteiger partial charge in [-0.2, -0.15) is 4.98 Å². The van der Waals surface area contributed by atoms with Crippen molar-refractivity contribution in [2.24, 2.45) is 0 Å². The smallest absolute Gasteiger partial charge is 0.224 e. The van der Waals surface area contributed by atoms with E-state index >= 15 is 0 Å². The van der Waals surface area contributed by atoms with Gasteiger partial charge in [-0.15, -0.1) is 0 Å². The van der Waals surface area contributed by atoms with E-state index in [1.807, 2.05) is 32.2 Å². The Kier molecular flexibility index (Phi) is 4.35. The molecule has 0 saturated heterocycles. The van der Waals surface area contributed by atoms with Crippen molar-refractivity contribution < 1.29 is 0 Å². The van der Waals surface area contributed by atoms with Gasteiger partial charge in [-0.25, -0.2) is 4.98 Å². The number of aromatic nitrogens is 2. The van der Waals surface area contributed by atoms with E-state index in [0.717, 1.165) is 23.6 Å². The van der Waals surface area contributed by atoms with Crippen molar-refractivity contribution in [3.63, 3.8) is 0 Å². The fourth-order valence-corrected chi connectivity index (χ4v) is 1.84. The minimum atomic E-state index is 0.649. The molecular weight excluding hydrogens is 339 g/mol. The van der Waals surface area contributed by atoms with E-state index in [1.165, 1.54) is 3.57 Å². The lowest BCUT2D eigenvalue weighted by molar-refractivity contribution is 1.07. The number of benzene rings is 1. The molecule has 1 heterocycles. The summed E-state index contributed by atoms with van der Waals surface area (Å²) in [6.07, 6.45) is 1.82. The summed E-state index contributed by atoms with van der Waals surface area (Å²) >= 11 is 2.29. The van der Waals surface area contributed by atoms with Gasteiger partial charge in [0.15, 0.2) is 0 Å². The Bertz CT molecular complexity index is 525. The van der Waals surface area contributed by atoms with Crippen LogP contribution < -0.4 is 10.6 Å². The van der Waals surface area contributed by atoms with Crippen molar-refractivity contribution in [1.29, 1.82) is 0 Å². The molecule has 2 N–H and O–H groups in total. The highest BCUT2D eigenvalue weighted by Crippen LogP contribution is 2.19. The molecule has 0 aliphatic carbocycles. The maximum absolute atomic E-state index is 4.44. The van der Waals surface area contributed by atoms with Crippen molar-refractivity contribution in [2.45, 2.75) is 13.8 Å². The Morgan fingerprint density at radius 3 is 2.61 bits per heavy atom. The van der Waals surface area contributed by atoms with E-state index in [9.17, 15) is 0 Å². The van der Waals surface area contributed by atoms with Crippen molar-refractivity contribution in [1.82, 2.24) is 9.97 Å². The van der Waals surface area contributed by atoms with Crippen LogP contribution in [0.5, 0.6) is 0 Å². The quantitative estimate of drug-likeness (QED) is 0.825. The number of rotatable bonds is 4. The maximum Gasteiger partial charge on any atom is 0.224 e. The number of hydrogen-bond donors (Lipinski definition) is 2. The Morgan fingerprint density at radius 1 is 1.22 bits per heavy atom. The zero-order valence-electron chi connectivity index (χ0n) is 10.4. The minimum absolute atomic E-state index is 0.649. The Morgan fingerprint density at radius 2 is 1.94 bits per heavy atom. The largest absolute Gasteiger partial charge is 0.354 e. The average molecular weight is 354 g/mol. The second-order valence-corrected chi connectivity index (χ2v) is 5.13. The molecule has 94 valence electrons. The number of aryl methyl sites for hydroxylation is 1. The monoisotopic (exact) mass is 354 g/mol. The zero-order valence-corrected chi connectivity index (χ0v) is 12.5. The zero-order chi connectivity index (χ0) is 13.0. The number of nitrogens with zero attached hydrogens (tertiary/aromatic N) is 2. The van der Waals surface area contributed by atoms with Gasteiger partial charge in [0.2, 0.25) is 5.95 Å². The standard InChI is InChI=1S/C13H15IN4/c1-3-15-13-16-8-9(2)12(18-13)17-11-6-4-10(14)5-7-11/h4-8H,3H2,1-2H3,(H2,15,16,17,18). The Hall–Kier alpha value is -1.37. The third-order valence-corrected chi connectivity index (χ3v) is 3.13. The molecule has 0 radical (unpaired) electrons. The van der Waals surface area contributed by atoms with Crippen LogP contribution in [-0.2, 0) is 0 Å². The van der Waals surface area contributed by atoms with Crippen LogP contribution in [0.4, 0.5) is 17.5 Å². The van der Waals surface area contributed by atoms with E-state index in [0.29, 0.717) is 5.95 Å². The van der Waals surface area contributed by atoms with Crippen LogP contribution in [0.1, 0.15) is 12.5 Å². The van der Waals surface area contributed by atoms with Crippen molar-refractivity contribution in [3.8, 4) is 0 Å². The highest BCUT2D eigenvalue weighted by molar-refractivity contribution is 14.1. The topological polar surface area (TPSA) is 49.8 Å². The lowest BCUT2D eigenvalue weighted by atomic mass is 10.3.